The molecule has 0 unspecified atom stereocenters. The summed E-state index contributed by atoms with van der Waals surface area (Å²) in [4.78, 5) is 16.4. The summed E-state index contributed by atoms with van der Waals surface area (Å²) < 4.78 is 0. The second-order valence-electron chi connectivity index (χ2n) is 15.6. The standard InChI is InChI=1S/C15H21Si.4C11H9N2.2Ru/c1-8-9-10-11-12-16(13(2)3,14(4)5)15(6)7;4*1-2-6-10(7-3-1)13-11-8-4-5-9-12-11;;/h13-15H,2-7H3;4*1-9H;;/q5*-1;+2;+3. The van der Waals surface area contributed by atoms with Gasteiger partial charge in [-0.15, -0.1) is 11.5 Å². The molecular weight excluding hydrogens is 1050 g/mol. The van der Waals surface area contributed by atoms with Gasteiger partial charge < -0.3 is 47.6 Å². The number of hydrogen-bond acceptors (Lipinski definition) is 4. The maximum atomic E-state index is 6.71. The molecule has 0 aliphatic carbocycles. The predicted octanol–water partition coefficient (Wildman–Crippen LogP) is 17.5. The first-order chi connectivity index (χ1) is 33.2. The molecule has 0 N–H and O–H groups in total. The minimum absolute atomic E-state index is 0. The van der Waals surface area contributed by atoms with Crippen LogP contribution in [0, 0.1) is 35.6 Å². The first-order valence-electron chi connectivity index (χ1n) is 22.3. The molecule has 8 aromatic rings. The number of pyridine rings is 4. The quantitative estimate of drug-likeness (QED) is 0.0730. The molecule has 0 fully saturated rings. The van der Waals surface area contributed by atoms with Crippen LogP contribution in [0.5, 0.6) is 0 Å². The number of aromatic nitrogens is 4. The second kappa shape index (κ2) is 35.0. The van der Waals surface area contributed by atoms with E-state index >= 15 is 0 Å². The van der Waals surface area contributed by atoms with Crippen LogP contribution in [0.15, 0.2) is 219 Å². The Morgan fingerprint density at radius 2 is 0.600 bits per heavy atom. The van der Waals surface area contributed by atoms with Crippen molar-refractivity contribution in [2.75, 3.05) is 0 Å². The monoisotopic (exact) mass is 1110 g/mol. The summed E-state index contributed by atoms with van der Waals surface area (Å²) >= 11 is 0. The predicted molar refractivity (Wildman–Crippen MR) is 287 cm³/mol. The average molecular weight is 1110 g/mol. The van der Waals surface area contributed by atoms with E-state index in [0.29, 0.717) is 16.6 Å². The summed E-state index contributed by atoms with van der Waals surface area (Å²) in [6.07, 6.45) is 13.7. The molecule has 0 bridgehead atoms. The fraction of sp³-hybridized carbons (Fsp3) is 0.153. The minimum Gasteiger partial charge on any atom is -0.443 e. The first kappa shape index (κ1) is 58.9. The van der Waals surface area contributed by atoms with Crippen LogP contribution in [0.2, 0.25) is 16.6 Å². The van der Waals surface area contributed by atoms with Crippen LogP contribution in [0.25, 0.3) is 21.3 Å². The van der Waals surface area contributed by atoms with Gasteiger partial charge in [0.05, 0.1) is 0 Å². The molecule has 0 spiro atoms. The zero-order valence-electron chi connectivity index (χ0n) is 40.3. The van der Waals surface area contributed by atoms with Gasteiger partial charge in [-0.1, -0.05) is 284 Å². The van der Waals surface area contributed by atoms with Gasteiger partial charge in [0.15, 0.2) is 0 Å². The van der Waals surface area contributed by atoms with E-state index in [2.05, 4.69) is 106 Å². The molecule has 0 atom stereocenters. The van der Waals surface area contributed by atoms with Crippen LogP contribution in [0.4, 0.5) is 46.0 Å². The summed E-state index contributed by atoms with van der Waals surface area (Å²) in [5, 5.41) is 17.3. The Morgan fingerprint density at radius 1 is 0.357 bits per heavy atom. The molecular formula is C59H57N8Ru2Si. The van der Waals surface area contributed by atoms with Gasteiger partial charge in [-0.3, -0.25) is 5.92 Å². The van der Waals surface area contributed by atoms with Gasteiger partial charge in [0, 0.05) is 0 Å². The molecule has 70 heavy (non-hydrogen) atoms. The molecule has 8 nitrogen and oxygen atoms in total. The number of para-hydroxylation sites is 4. The Hall–Kier alpha value is -7.18. The van der Waals surface area contributed by atoms with Crippen molar-refractivity contribution in [2.24, 2.45) is 0 Å². The first-order valence-corrected chi connectivity index (χ1v) is 24.6. The number of hydrogen-bond donors (Lipinski definition) is 0. The van der Waals surface area contributed by atoms with Crippen LogP contribution >= 0.6 is 0 Å². The Labute approximate surface area is 444 Å². The van der Waals surface area contributed by atoms with Crippen molar-refractivity contribution in [2.45, 2.75) is 58.2 Å². The molecule has 0 amide bonds. The molecule has 4 heterocycles. The van der Waals surface area contributed by atoms with Gasteiger partial charge in [-0.25, -0.2) is 5.92 Å². The molecule has 0 aliphatic heterocycles. The second-order valence-corrected chi connectivity index (χ2v) is 21.1. The third-order valence-electron chi connectivity index (χ3n) is 9.93. The van der Waals surface area contributed by atoms with Crippen molar-refractivity contribution in [3.63, 3.8) is 0 Å². The average Bonchev–Trinajstić information content (AvgIpc) is 3.37. The molecule has 4 aromatic carbocycles. The summed E-state index contributed by atoms with van der Waals surface area (Å²) in [6, 6.07) is 61.9. The molecule has 0 aliphatic rings. The van der Waals surface area contributed by atoms with Crippen molar-refractivity contribution < 1.29 is 39.0 Å². The van der Waals surface area contributed by atoms with E-state index in [4.69, 9.17) is 6.42 Å². The molecule has 8 rings (SSSR count). The van der Waals surface area contributed by atoms with Gasteiger partial charge >= 0.3 is 39.0 Å². The minimum atomic E-state index is -1.63. The Morgan fingerprint density at radius 3 is 0.800 bits per heavy atom. The van der Waals surface area contributed by atoms with Gasteiger partial charge in [0.25, 0.3) is 0 Å². The largest absolute Gasteiger partial charge is 3.00 e. The normalized spacial score (nSPS) is 9.49. The smallest absolute Gasteiger partial charge is 0.443 e. The fourth-order valence-electron chi connectivity index (χ4n) is 6.85. The third kappa shape index (κ3) is 22.7. The molecule has 0 saturated carbocycles. The zero-order valence-corrected chi connectivity index (χ0v) is 44.8. The van der Waals surface area contributed by atoms with Crippen LogP contribution in [-0.4, -0.2) is 28.0 Å². The van der Waals surface area contributed by atoms with Crippen LogP contribution in [-0.2, 0) is 39.0 Å². The number of nitrogens with zero attached hydrogens (tertiary/aromatic N) is 8. The van der Waals surface area contributed by atoms with E-state index in [9.17, 15) is 0 Å². The van der Waals surface area contributed by atoms with E-state index in [-0.39, 0.29) is 39.0 Å². The summed E-state index contributed by atoms with van der Waals surface area (Å²) in [5.41, 5.74) is 9.08. The van der Waals surface area contributed by atoms with E-state index in [0.717, 1.165) is 46.0 Å². The Bertz CT molecular complexity index is 2230. The third-order valence-corrected chi connectivity index (χ3v) is 16.2. The van der Waals surface area contributed by atoms with Crippen LogP contribution in [0.1, 0.15) is 41.5 Å². The molecule has 11 heteroatoms. The van der Waals surface area contributed by atoms with Crippen molar-refractivity contribution in [3.8, 4) is 29.2 Å². The van der Waals surface area contributed by atoms with Crippen molar-refractivity contribution in [3.05, 3.63) is 247 Å². The van der Waals surface area contributed by atoms with E-state index in [1.165, 1.54) is 0 Å². The van der Waals surface area contributed by atoms with Crippen molar-refractivity contribution in [1.29, 1.82) is 0 Å². The van der Waals surface area contributed by atoms with Gasteiger partial charge in [0.2, 0.25) is 0 Å². The number of rotatable bonds is 11. The molecule has 0 saturated heterocycles. The number of benzene rings is 4. The fourth-order valence-corrected chi connectivity index (χ4v) is 12.0. The SMILES string of the molecule is [C-]#CC#CC#C[Si](C(C)C)(C(C)C)C(C)C.[Ru+2].[Ru+3].c1ccc([N-]c2ccccn2)cc1.c1ccc([N-]c2ccccn2)cc1.c1ccc([N-]c2ccccn2)cc1.c1ccc([N-]c2ccccn2)cc1. The Kier molecular flexibility index (Phi) is 29.5. The summed E-state index contributed by atoms with van der Waals surface area (Å²) in [5.74, 6) is 13.1. The van der Waals surface area contributed by atoms with Crippen molar-refractivity contribution in [1.82, 2.24) is 19.9 Å². The van der Waals surface area contributed by atoms with E-state index in [1.54, 1.807) is 24.8 Å². The van der Waals surface area contributed by atoms with E-state index < -0.39 is 8.07 Å². The molecule has 4 aromatic heterocycles. The van der Waals surface area contributed by atoms with E-state index in [1.807, 2.05) is 200 Å². The summed E-state index contributed by atoms with van der Waals surface area (Å²) in [6.45, 7) is 13.6. The maximum Gasteiger partial charge on any atom is 3.00 e. The molecule has 353 valence electrons. The zero-order chi connectivity index (χ0) is 48.5. The van der Waals surface area contributed by atoms with Crippen LogP contribution < -0.4 is 0 Å². The van der Waals surface area contributed by atoms with Crippen LogP contribution in [0.3, 0.4) is 0 Å². The Balaban J connectivity index is 0.000000298. The van der Waals surface area contributed by atoms with Gasteiger partial charge in [-0.05, 0) is 45.3 Å². The maximum absolute atomic E-state index is 6.71. The molecule has 1 radical (unpaired) electrons. The topological polar surface area (TPSA) is 108 Å². The summed E-state index contributed by atoms with van der Waals surface area (Å²) in [7, 11) is -1.63. The van der Waals surface area contributed by atoms with Gasteiger partial charge in [-0.2, -0.15) is 0 Å². The van der Waals surface area contributed by atoms with Crippen molar-refractivity contribution >= 4 is 54.1 Å². The van der Waals surface area contributed by atoms with Gasteiger partial charge in [0.1, 0.15) is 8.07 Å².